The predicted octanol–water partition coefficient (Wildman–Crippen LogP) is 5.15. The number of carbonyl (C=O) groups is 5. The molecule has 69 heavy (non-hydrogen) atoms. The number of rotatable bonds is 12. The fourth-order valence-electron chi connectivity index (χ4n) is 12.5. The zero-order valence-corrected chi connectivity index (χ0v) is 41.2. The van der Waals surface area contributed by atoms with Gasteiger partial charge in [-0.3, -0.25) is 14.4 Å². The molecule has 14 atom stereocenters. The summed E-state index contributed by atoms with van der Waals surface area (Å²) in [5.74, 6) is -3.63. The molecule has 0 aromatic heterocycles. The highest BCUT2D eigenvalue weighted by Gasteiger charge is 2.80. The Morgan fingerprint density at radius 2 is 1.65 bits per heavy atom. The molecular formula is C51H64BNO16. The smallest absolute Gasteiger partial charge is 0.338 e. The van der Waals surface area contributed by atoms with E-state index in [1.165, 1.54) is 46.9 Å². The molecule has 3 saturated heterocycles. The van der Waals surface area contributed by atoms with Crippen molar-refractivity contribution >= 4 is 37.5 Å². The zero-order chi connectivity index (χ0) is 50.1. The monoisotopic (exact) mass is 957 g/mol. The largest absolute Gasteiger partial charge is 0.497 e. The molecule has 2 aromatic rings. The lowest BCUT2D eigenvalue weighted by atomic mass is 9.44. The van der Waals surface area contributed by atoms with Gasteiger partial charge in [-0.1, -0.05) is 59.4 Å². The Hall–Kier alpha value is -5.27. The van der Waals surface area contributed by atoms with E-state index in [0.29, 0.717) is 34.6 Å². The van der Waals surface area contributed by atoms with E-state index in [9.17, 15) is 24.3 Å². The summed E-state index contributed by atoms with van der Waals surface area (Å²) in [6, 6.07) is 12.5. The normalized spacial score (nSPS) is 36.3. The average Bonchev–Trinajstić information content (AvgIpc) is 3.66. The maximum atomic E-state index is 15.2. The minimum absolute atomic E-state index is 0.0141. The average molecular weight is 958 g/mol. The number of carbonyl (C=O) groups excluding carboxylic acids is 5. The van der Waals surface area contributed by atoms with Crippen molar-refractivity contribution in [2.24, 2.45) is 22.7 Å². The second-order valence-electron chi connectivity index (χ2n) is 20.4. The molecule has 372 valence electrons. The van der Waals surface area contributed by atoms with Gasteiger partial charge in [0.1, 0.15) is 41.5 Å². The zero-order valence-electron chi connectivity index (χ0n) is 41.2. The second-order valence-corrected chi connectivity index (χ2v) is 20.4. The molecular weight excluding hydrogens is 893 g/mol. The molecule has 1 amide bonds. The summed E-state index contributed by atoms with van der Waals surface area (Å²) in [6.45, 7) is 17.4. The summed E-state index contributed by atoms with van der Waals surface area (Å²) < 4.78 is 63.5. The van der Waals surface area contributed by atoms with Gasteiger partial charge in [-0.2, -0.15) is 0 Å². The highest BCUT2D eigenvalue weighted by atomic mass is 16.7. The fraction of sp³-hybridized carbons (Fsp3) is 0.588. The van der Waals surface area contributed by atoms with Crippen molar-refractivity contribution < 1.29 is 76.4 Å². The van der Waals surface area contributed by atoms with E-state index in [0.717, 1.165) is 0 Å². The van der Waals surface area contributed by atoms with Gasteiger partial charge in [0, 0.05) is 49.1 Å². The number of amides is 1. The molecule has 2 saturated carbocycles. The van der Waals surface area contributed by atoms with Gasteiger partial charge in [-0.25, -0.2) is 9.59 Å². The molecule has 1 N–H and O–H groups in total. The highest BCUT2D eigenvalue weighted by molar-refractivity contribution is 6.57. The van der Waals surface area contributed by atoms with Crippen LogP contribution in [0.1, 0.15) is 96.8 Å². The molecule has 2 bridgehead atoms. The first-order valence-electron chi connectivity index (χ1n) is 23.6. The lowest BCUT2D eigenvalue weighted by Gasteiger charge is -2.71. The number of benzene rings is 2. The highest BCUT2D eigenvalue weighted by Crippen LogP contribution is 2.67. The van der Waals surface area contributed by atoms with Crippen molar-refractivity contribution in [2.45, 2.75) is 147 Å². The first kappa shape index (κ1) is 50.1. The third kappa shape index (κ3) is 8.13. The molecule has 3 aliphatic heterocycles. The Balaban J connectivity index is 1.32. The Morgan fingerprint density at radius 3 is 2.23 bits per heavy atom. The fourth-order valence-corrected chi connectivity index (χ4v) is 12.5. The van der Waals surface area contributed by atoms with Crippen LogP contribution in [0.3, 0.4) is 0 Å². The maximum absolute atomic E-state index is 15.2. The van der Waals surface area contributed by atoms with Crippen LogP contribution in [-0.4, -0.2) is 135 Å². The van der Waals surface area contributed by atoms with Crippen LogP contribution < -0.4 is 9.47 Å². The molecule has 6 aliphatic rings. The lowest BCUT2D eigenvalue weighted by molar-refractivity contribution is -0.405. The van der Waals surface area contributed by atoms with Gasteiger partial charge in [-0.15, -0.1) is 0 Å². The van der Waals surface area contributed by atoms with Crippen molar-refractivity contribution in [1.82, 2.24) is 4.90 Å². The van der Waals surface area contributed by atoms with Crippen LogP contribution in [0.4, 0.5) is 4.79 Å². The van der Waals surface area contributed by atoms with Crippen LogP contribution in [0, 0.1) is 22.7 Å². The van der Waals surface area contributed by atoms with Gasteiger partial charge in [0.05, 0.1) is 44.5 Å². The molecule has 4 unspecified atom stereocenters. The van der Waals surface area contributed by atoms with Gasteiger partial charge in [0.15, 0.2) is 36.1 Å². The molecule has 17 nitrogen and oxygen atoms in total. The van der Waals surface area contributed by atoms with Gasteiger partial charge in [0.25, 0.3) is 0 Å². The summed E-state index contributed by atoms with van der Waals surface area (Å²) in [6.07, 6.45) is -8.67. The van der Waals surface area contributed by atoms with E-state index >= 15 is 4.79 Å². The van der Waals surface area contributed by atoms with Gasteiger partial charge >= 0.3 is 23.9 Å². The van der Waals surface area contributed by atoms with Crippen LogP contribution in [0.15, 0.2) is 72.3 Å². The van der Waals surface area contributed by atoms with Crippen molar-refractivity contribution in [2.75, 3.05) is 20.8 Å². The van der Waals surface area contributed by atoms with E-state index in [2.05, 4.69) is 6.58 Å². The van der Waals surface area contributed by atoms with E-state index in [1.54, 1.807) is 69.3 Å². The van der Waals surface area contributed by atoms with Crippen LogP contribution in [-0.2, 0) is 52.3 Å². The third-order valence-corrected chi connectivity index (χ3v) is 15.6. The van der Waals surface area contributed by atoms with E-state index in [4.69, 9.17) is 47.4 Å². The van der Waals surface area contributed by atoms with Crippen molar-refractivity contribution in [3.05, 3.63) is 83.5 Å². The molecule has 8 rings (SSSR count). The summed E-state index contributed by atoms with van der Waals surface area (Å²) in [4.78, 5) is 71.8. The molecule has 5 fully saturated rings. The summed E-state index contributed by atoms with van der Waals surface area (Å²) >= 11 is 0. The number of ether oxygens (including phenoxy) is 10. The number of nitrogens with zero attached hydrogens (tertiary/aromatic N) is 1. The SMILES string of the molecule is BC(=O)N1C(c2ccc(OC)cc2OC)OC(C(=O)O[C@H]2C[C@@]3(O)[C@@H](OC(=O)c4ccccc4)[C@@H]4[C@]5(OC(C)=O)CO[C@@H]5C[C@@H]5OC(C=C)O[C@@H]([C@@H](OC(C)=O)C(=C2C)C3(C)C)[C@]54C)C1CC(C)C. The Morgan fingerprint density at radius 1 is 0.942 bits per heavy atom. The molecule has 0 spiro atoms. The number of hydrogen-bond acceptors (Lipinski definition) is 16. The van der Waals surface area contributed by atoms with Crippen LogP contribution in [0.25, 0.3) is 0 Å². The number of fused-ring (bicyclic) bond motifs is 4. The number of methoxy groups -OCH3 is 2. The summed E-state index contributed by atoms with van der Waals surface area (Å²) in [5, 5.41) is 14.1. The number of hydrogen-bond donors (Lipinski definition) is 1. The molecule has 2 aromatic carbocycles. The number of esters is 4. The van der Waals surface area contributed by atoms with Crippen molar-refractivity contribution in [3.8, 4) is 11.5 Å². The standard InChI is InChI=1S/C51H64BNO16/c1-12-37-65-35-22-36-50(24-62-36,69-28(6)55)41-43(68-45(56)29-16-14-13-15-17-29)51(59)23-34(26(4)38(48(51,7)8)40(63-27(5)54)42(66-37)49(35,41)9)64-46(57)39-32(20-25(2)3)53(47(52)58)44(67-39)31-19-18-30(60-10)21-33(31)61-11/h12-19,21,25,32,34-37,39-44,59H,1,20,22-24,52H2,2-11H3/t32?,34-,35-,36+,37?,39?,40-,41-,42-,43-,44?,49+,50-,51+/m0/s1. The molecule has 18 heteroatoms. The first-order valence-corrected chi connectivity index (χ1v) is 23.6. The third-order valence-electron chi connectivity index (χ3n) is 15.6. The number of aliphatic hydroxyl groups is 1. The van der Waals surface area contributed by atoms with E-state index in [1.807, 2.05) is 20.8 Å². The van der Waals surface area contributed by atoms with Crippen LogP contribution in [0.5, 0.6) is 11.5 Å². The van der Waals surface area contributed by atoms with Crippen LogP contribution in [0.2, 0.25) is 0 Å². The quantitative estimate of drug-likeness (QED) is 0.127. The molecule has 3 heterocycles. The van der Waals surface area contributed by atoms with Crippen molar-refractivity contribution in [1.29, 1.82) is 0 Å². The lowest BCUT2D eigenvalue weighted by Crippen LogP contribution is -2.83. The minimum atomic E-state index is -2.21. The van der Waals surface area contributed by atoms with Gasteiger partial charge in [0.2, 0.25) is 7.85 Å². The summed E-state index contributed by atoms with van der Waals surface area (Å²) in [5.41, 5.74) is -5.16. The Labute approximate surface area is 403 Å². The van der Waals surface area contributed by atoms with Crippen molar-refractivity contribution in [3.63, 3.8) is 0 Å². The first-order chi connectivity index (χ1) is 32.6. The van der Waals surface area contributed by atoms with Gasteiger partial charge < -0.3 is 57.4 Å². The summed E-state index contributed by atoms with van der Waals surface area (Å²) in [7, 11) is 4.40. The second kappa shape index (κ2) is 18.5. The topological polar surface area (TPSA) is 201 Å². The maximum Gasteiger partial charge on any atom is 0.338 e. The Bertz CT molecular complexity index is 2410. The van der Waals surface area contributed by atoms with E-state index in [-0.39, 0.29) is 36.7 Å². The van der Waals surface area contributed by atoms with Gasteiger partial charge in [-0.05, 0) is 60.8 Å². The van der Waals surface area contributed by atoms with Crippen LogP contribution >= 0.6 is 0 Å². The molecule has 3 aliphatic carbocycles. The Kier molecular flexibility index (Phi) is 13.4. The molecule has 0 radical (unpaired) electrons. The van der Waals surface area contributed by atoms with E-state index < -0.39 is 113 Å². The minimum Gasteiger partial charge on any atom is -0.497 e. The predicted molar refractivity (Wildman–Crippen MR) is 247 cm³/mol.